The van der Waals surface area contributed by atoms with Crippen LogP contribution in [0.3, 0.4) is 0 Å². The molecule has 0 saturated carbocycles. The van der Waals surface area contributed by atoms with E-state index < -0.39 is 17.7 Å². The van der Waals surface area contributed by atoms with Gasteiger partial charge in [-0.2, -0.15) is 0 Å². The van der Waals surface area contributed by atoms with Crippen molar-refractivity contribution in [3.8, 4) is 11.5 Å². The van der Waals surface area contributed by atoms with Crippen molar-refractivity contribution in [3.05, 3.63) is 135 Å². The molecule has 2 atom stereocenters. The number of nitrogens with zero attached hydrogens (tertiary/aromatic N) is 3. The van der Waals surface area contributed by atoms with Gasteiger partial charge in [-0.05, 0) is 65.6 Å². The minimum absolute atomic E-state index is 0.00832. The van der Waals surface area contributed by atoms with Gasteiger partial charge in [-0.15, -0.1) is 10.2 Å². The summed E-state index contributed by atoms with van der Waals surface area (Å²) in [6, 6.07) is 28.8. The Morgan fingerprint density at radius 1 is 1.02 bits per heavy atom. The van der Waals surface area contributed by atoms with Crippen molar-refractivity contribution in [2.45, 2.75) is 42.2 Å². The molecular formula is C36H28ClN3O5S2. The summed E-state index contributed by atoms with van der Waals surface area (Å²) in [6.07, 6.45) is 0.683. The molecule has 2 aliphatic rings. The second kappa shape index (κ2) is 13.2. The number of Topliss-reactive ketones (excluding diaryl/α,β-unsaturated/α-hetero) is 1. The van der Waals surface area contributed by atoms with E-state index >= 15 is 0 Å². The number of aliphatic hydroxyl groups is 1. The predicted molar refractivity (Wildman–Crippen MR) is 183 cm³/mol. The molecule has 0 spiro atoms. The standard InChI is InChI=1S/C36H28ClN3O5S2/c1-21-16-26-17-24(14-15-29(26)45-21)32(41)30-31(23-11-7-12-27(18-23)44-19-22-8-3-2-4-9-22)40(34(43)33(30)42)35-38-39-36(47-35)46-20-25-10-5-6-13-28(25)37/h2-15,17-18,21,31,41H,16,19-20H2,1H3/b32-30+/t21-,31-/m1/s1. The third kappa shape index (κ3) is 6.36. The van der Waals surface area contributed by atoms with E-state index in [4.69, 9.17) is 21.1 Å². The molecular weight excluding hydrogens is 654 g/mol. The molecule has 1 aromatic heterocycles. The van der Waals surface area contributed by atoms with Gasteiger partial charge in [0.1, 0.15) is 30.0 Å². The molecule has 0 unspecified atom stereocenters. The van der Waals surface area contributed by atoms with E-state index in [0.717, 1.165) is 22.4 Å². The quantitative estimate of drug-likeness (QED) is 0.0549. The number of carbonyl (C=O) groups is 2. The molecule has 1 N–H and O–H groups in total. The van der Waals surface area contributed by atoms with Crippen molar-refractivity contribution in [3.63, 3.8) is 0 Å². The average Bonchev–Trinajstić information content (AvgIpc) is 3.78. The molecule has 1 fully saturated rings. The van der Waals surface area contributed by atoms with Gasteiger partial charge in [0.25, 0.3) is 5.78 Å². The van der Waals surface area contributed by atoms with Crippen LogP contribution in [0.5, 0.6) is 11.5 Å². The van der Waals surface area contributed by atoms with Gasteiger partial charge >= 0.3 is 5.91 Å². The number of amides is 1. The van der Waals surface area contributed by atoms with Crippen LogP contribution >= 0.6 is 34.7 Å². The molecule has 8 nitrogen and oxygen atoms in total. The number of rotatable bonds is 9. The number of anilines is 1. The molecule has 47 heavy (non-hydrogen) atoms. The summed E-state index contributed by atoms with van der Waals surface area (Å²) in [5.41, 5.74) is 3.83. The monoisotopic (exact) mass is 681 g/mol. The lowest BCUT2D eigenvalue weighted by Gasteiger charge is -2.23. The molecule has 7 rings (SSSR count). The number of thioether (sulfide) groups is 1. The van der Waals surface area contributed by atoms with Crippen LogP contribution in [0.4, 0.5) is 5.13 Å². The van der Waals surface area contributed by atoms with Gasteiger partial charge < -0.3 is 14.6 Å². The summed E-state index contributed by atoms with van der Waals surface area (Å²) in [6.45, 7) is 2.31. The first-order valence-corrected chi connectivity index (χ1v) is 17.1. The van der Waals surface area contributed by atoms with E-state index in [2.05, 4.69) is 10.2 Å². The zero-order chi connectivity index (χ0) is 32.5. The number of hydrogen-bond acceptors (Lipinski definition) is 9. The summed E-state index contributed by atoms with van der Waals surface area (Å²) in [7, 11) is 0. The van der Waals surface area contributed by atoms with Gasteiger partial charge in [0, 0.05) is 22.8 Å². The summed E-state index contributed by atoms with van der Waals surface area (Å²) >= 11 is 8.97. The molecule has 2 aliphatic heterocycles. The lowest BCUT2D eigenvalue weighted by atomic mass is 9.94. The van der Waals surface area contributed by atoms with Gasteiger partial charge in [0.2, 0.25) is 5.13 Å². The highest BCUT2D eigenvalue weighted by atomic mass is 35.5. The SMILES string of the molecule is C[C@@H]1Cc2cc(/C(O)=C3\C(=O)C(=O)N(c4nnc(SCc5ccccc5Cl)s4)[C@@H]3c3cccc(OCc4ccccc4)c3)ccc2O1. The Bertz CT molecular complexity index is 2010. The van der Waals surface area contributed by atoms with Crippen LogP contribution < -0.4 is 14.4 Å². The van der Waals surface area contributed by atoms with Crippen LogP contribution in [0, 0.1) is 0 Å². The number of halogens is 1. The van der Waals surface area contributed by atoms with E-state index in [0.29, 0.717) is 45.0 Å². The van der Waals surface area contributed by atoms with E-state index in [9.17, 15) is 14.7 Å². The normalized spacial score (nSPS) is 18.3. The Hall–Kier alpha value is -4.64. The molecule has 5 aromatic rings. The van der Waals surface area contributed by atoms with Crippen molar-refractivity contribution in [2.75, 3.05) is 4.90 Å². The molecule has 0 radical (unpaired) electrons. The van der Waals surface area contributed by atoms with Crippen LogP contribution in [0.1, 0.15) is 40.8 Å². The number of ketones is 1. The highest BCUT2D eigenvalue weighted by Crippen LogP contribution is 2.45. The maximum absolute atomic E-state index is 13.8. The first kappa shape index (κ1) is 31.0. The topological polar surface area (TPSA) is 102 Å². The van der Waals surface area contributed by atoms with E-state index in [1.165, 1.54) is 28.0 Å². The smallest absolute Gasteiger partial charge is 0.301 e. The van der Waals surface area contributed by atoms with Gasteiger partial charge in [-0.25, -0.2) is 0 Å². The summed E-state index contributed by atoms with van der Waals surface area (Å²) in [5.74, 6) is -0.0406. The Balaban J connectivity index is 1.26. The number of fused-ring (bicyclic) bond motifs is 1. The summed E-state index contributed by atoms with van der Waals surface area (Å²) in [5, 5.41) is 21.3. The molecule has 236 valence electrons. The van der Waals surface area contributed by atoms with Crippen LogP contribution in [0.15, 0.2) is 107 Å². The average molecular weight is 682 g/mol. The van der Waals surface area contributed by atoms with Crippen molar-refractivity contribution < 1.29 is 24.2 Å². The number of benzene rings is 4. The largest absolute Gasteiger partial charge is 0.507 e. The van der Waals surface area contributed by atoms with Crippen LogP contribution in [-0.4, -0.2) is 33.1 Å². The number of carbonyl (C=O) groups excluding carboxylic acids is 2. The fourth-order valence-corrected chi connectivity index (χ4v) is 7.85. The number of aromatic nitrogens is 2. The maximum atomic E-state index is 13.8. The van der Waals surface area contributed by atoms with Crippen molar-refractivity contribution in [1.82, 2.24) is 10.2 Å². The van der Waals surface area contributed by atoms with Crippen LogP contribution in [0.25, 0.3) is 5.76 Å². The third-order valence-corrected chi connectivity index (χ3v) is 10.4. The first-order chi connectivity index (χ1) is 22.9. The third-order valence-electron chi connectivity index (χ3n) is 7.95. The number of ether oxygens (including phenoxy) is 2. The summed E-state index contributed by atoms with van der Waals surface area (Å²) in [4.78, 5) is 28.9. The molecule has 0 bridgehead atoms. The first-order valence-electron chi connectivity index (χ1n) is 14.9. The van der Waals surface area contributed by atoms with Crippen molar-refractivity contribution >= 4 is 57.3 Å². The Labute approximate surface area is 284 Å². The number of aliphatic hydroxyl groups excluding tert-OH is 1. The van der Waals surface area contributed by atoms with Gasteiger partial charge in [-0.3, -0.25) is 14.5 Å². The minimum Gasteiger partial charge on any atom is -0.507 e. The van der Waals surface area contributed by atoms with Gasteiger partial charge in [0.05, 0.1) is 11.6 Å². The van der Waals surface area contributed by atoms with Crippen LogP contribution in [-0.2, 0) is 28.4 Å². The Morgan fingerprint density at radius 2 is 1.83 bits per heavy atom. The zero-order valence-electron chi connectivity index (χ0n) is 25.1. The van der Waals surface area contributed by atoms with E-state index in [-0.39, 0.29) is 22.6 Å². The van der Waals surface area contributed by atoms with Gasteiger partial charge in [-0.1, -0.05) is 95.4 Å². The zero-order valence-corrected chi connectivity index (χ0v) is 27.5. The fourth-order valence-electron chi connectivity index (χ4n) is 5.70. The highest BCUT2D eigenvalue weighted by Gasteiger charge is 2.48. The van der Waals surface area contributed by atoms with Crippen molar-refractivity contribution in [1.29, 1.82) is 0 Å². The maximum Gasteiger partial charge on any atom is 0.301 e. The molecule has 4 aromatic carbocycles. The van der Waals surface area contributed by atoms with E-state index in [1.807, 2.05) is 73.7 Å². The lowest BCUT2D eigenvalue weighted by Crippen LogP contribution is -2.29. The van der Waals surface area contributed by atoms with Crippen LogP contribution in [0.2, 0.25) is 5.02 Å². The molecule has 1 amide bonds. The second-order valence-corrected chi connectivity index (χ2v) is 13.8. The number of hydrogen-bond donors (Lipinski definition) is 1. The lowest BCUT2D eigenvalue weighted by molar-refractivity contribution is -0.132. The fraction of sp³-hybridized carbons (Fsp3) is 0.167. The molecule has 11 heteroatoms. The Kier molecular flexibility index (Phi) is 8.72. The van der Waals surface area contributed by atoms with Gasteiger partial charge in [0.15, 0.2) is 4.34 Å². The van der Waals surface area contributed by atoms with Crippen molar-refractivity contribution in [2.24, 2.45) is 0 Å². The molecule has 3 heterocycles. The second-order valence-electron chi connectivity index (χ2n) is 11.2. The Morgan fingerprint density at radius 3 is 2.66 bits per heavy atom. The minimum atomic E-state index is -0.979. The summed E-state index contributed by atoms with van der Waals surface area (Å²) < 4.78 is 12.5. The molecule has 0 aliphatic carbocycles. The van der Waals surface area contributed by atoms with E-state index in [1.54, 1.807) is 30.3 Å². The molecule has 1 saturated heterocycles. The predicted octanol–water partition coefficient (Wildman–Crippen LogP) is 8.01. The highest BCUT2D eigenvalue weighted by molar-refractivity contribution is 8.00.